The highest BCUT2D eigenvalue weighted by Crippen LogP contribution is 2.37. The molecule has 0 radical (unpaired) electrons. The molecule has 0 bridgehead atoms. The molecule has 0 aromatic carbocycles. The highest BCUT2D eigenvalue weighted by molar-refractivity contribution is 7.99. The Morgan fingerprint density at radius 1 is 1.24 bits per heavy atom. The number of nitrogens with zero attached hydrogens (tertiary/aromatic N) is 2. The molecular formula is C17H29N3S. The number of nitrogens with one attached hydrogen (secondary N) is 1. The molecule has 2 rings (SSSR count). The zero-order valence-corrected chi connectivity index (χ0v) is 14.7. The molecule has 1 aliphatic heterocycles. The molecule has 3 nitrogen and oxygen atoms in total. The molecule has 21 heavy (non-hydrogen) atoms. The summed E-state index contributed by atoms with van der Waals surface area (Å²) in [5, 5.41) is 3.94. The van der Waals surface area contributed by atoms with E-state index >= 15 is 0 Å². The monoisotopic (exact) mass is 307 g/mol. The van der Waals surface area contributed by atoms with Gasteiger partial charge in [0.2, 0.25) is 0 Å². The van der Waals surface area contributed by atoms with Crippen molar-refractivity contribution in [2.45, 2.75) is 58.6 Å². The lowest BCUT2D eigenvalue weighted by Crippen LogP contribution is -2.23. The van der Waals surface area contributed by atoms with Gasteiger partial charge in [0.25, 0.3) is 0 Å². The van der Waals surface area contributed by atoms with Crippen LogP contribution in [0.5, 0.6) is 0 Å². The molecule has 2 heterocycles. The third-order valence-corrected chi connectivity index (χ3v) is 5.57. The summed E-state index contributed by atoms with van der Waals surface area (Å²) in [5.74, 6) is 2.95. The largest absolute Gasteiger partial charge is 0.317 e. The van der Waals surface area contributed by atoms with Crippen LogP contribution in [0.15, 0.2) is 0 Å². The van der Waals surface area contributed by atoms with Crippen LogP contribution in [0.1, 0.15) is 61.1 Å². The molecule has 0 amide bonds. The van der Waals surface area contributed by atoms with Gasteiger partial charge in [-0.2, -0.15) is 11.8 Å². The minimum Gasteiger partial charge on any atom is -0.317 e. The Bertz CT molecular complexity index is 432. The Kier molecular flexibility index (Phi) is 6.49. The van der Waals surface area contributed by atoms with E-state index in [2.05, 4.69) is 33.0 Å². The van der Waals surface area contributed by atoms with Crippen molar-refractivity contribution < 1.29 is 0 Å². The van der Waals surface area contributed by atoms with E-state index in [1.807, 2.05) is 11.8 Å². The van der Waals surface area contributed by atoms with Crippen LogP contribution in [0.4, 0.5) is 0 Å². The summed E-state index contributed by atoms with van der Waals surface area (Å²) >= 11 is 2.03. The Morgan fingerprint density at radius 3 is 2.52 bits per heavy atom. The van der Waals surface area contributed by atoms with Gasteiger partial charge in [0.15, 0.2) is 0 Å². The smallest absolute Gasteiger partial charge is 0.141 e. The van der Waals surface area contributed by atoms with E-state index in [-0.39, 0.29) is 0 Å². The summed E-state index contributed by atoms with van der Waals surface area (Å²) < 4.78 is 0. The lowest BCUT2D eigenvalue weighted by molar-refractivity contribution is 0.516. The van der Waals surface area contributed by atoms with E-state index in [1.165, 1.54) is 42.0 Å². The van der Waals surface area contributed by atoms with Crippen LogP contribution in [0.2, 0.25) is 0 Å². The second-order valence-corrected chi connectivity index (χ2v) is 7.51. The molecule has 118 valence electrons. The van der Waals surface area contributed by atoms with Crippen LogP contribution >= 0.6 is 11.8 Å². The van der Waals surface area contributed by atoms with Crippen LogP contribution < -0.4 is 5.32 Å². The standard InChI is InChI=1S/C17H29N3S/c1-5-18-11-12(2)10-15-13(3)19-17(20-14(15)4)16-8-6-7-9-21-16/h12,16,18H,5-11H2,1-4H3. The van der Waals surface area contributed by atoms with Crippen LogP contribution in [-0.2, 0) is 6.42 Å². The first-order valence-electron chi connectivity index (χ1n) is 8.28. The summed E-state index contributed by atoms with van der Waals surface area (Å²) in [6.07, 6.45) is 4.97. The molecule has 0 aliphatic carbocycles. The fourth-order valence-corrected chi connectivity index (χ4v) is 4.20. The summed E-state index contributed by atoms with van der Waals surface area (Å²) in [7, 11) is 0. The van der Waals surface area contributed by atoms with Gasteiger partial charge >= 0.3 is 0 Å². The Morgan fingerprint density at radius 2 is 1.95 bits per heavy atom. The van der Waals surface area contributed by atoms with Gasteiger partial charge < -0.3 is 5.32 Å². The summed E-state index contributed by atoms with van der Waals surface area (Å²) in [6.45, 7) is 10.9. The van der Waals surface area contributed by atoms with Crippen molar-refractivity contribution in [2.24, 2.45) is 5.92 Å². The lowest BCUT2D eigenvalue weighted by atomic mass is 9.98. The molecular weight excluding hydrogens is 278 g/mol. The average Bonchev–Trinajstić information content (AvgIpc) is 2.49. The zero-order valence-electron chi connectivity index (χ0n) is 13.9. The van der Waals surface area contributed by atoms with E-state index in [0.717, 1.165) is 25.3 Å². The predicted octanol–water partition coefficient (Wildman–Crippen LogP) is 3.84. The van der Waals surface area contributed by atoms with Gasteiger partial charge in [-0.1, -0.05) is 20.3 Å². The molecule has 2 atom stereocenters. The van der Waals surface area contributed by atoms with Crippen LogP contribution in [0.25, 0.3) is 0 Å². The minimum atomic E-state index is 0.518. The third-order valence-electron chi connectivity index (χ3n) is 4.20. The number of thioether (sulfide) groups is 1. The van der Waals surface area contributed by atoms with Gasteiger partial charge in [0.1, 0.15) is 5.82 Å². The van der Waals surface area contributed by atoms with E-state index < -0.39 is 0 Å². The molecule has 1 saturated heterocycles. The third kappa shape index (κ3) is 4.68. The van der Waals surface area contributed by atoms with Gasteiger partial charge in [-0.15, -0.1) is 0 Å². The molecule has 0 spiro atoms. The van der Waals surface area contributed by atoms with Crippen molar-refractivity contribution in [2.75, 3.05) is 18.8 Å². The zero-order chi connectivity index (χ0) is 15.2. The molecule has 2 unspecified atom stereocenters. The van der Waals surface area contributed by atoms with Crippen molar-refractivity contribution in [1.29, 1.82) is 0 Å². The van der Waals surface area contributed by atoms with Gasteiger partial charge in [0.05, 0.1) is 5.25 Å². The van der Waals surface area contributed by atoms with Gasteiger partial charge in [-0.25, -0.2) is 9.97 Å². The second kappa shape index (κ2) is 8.14. The van der Waals surface area contributed by atoms with Crippen LogP contribution in [0, 0.1) is 19.8 Å². The minimum absolute atomic E-state index is 0.518. The SMILES string of the molecule is CCNCC(C)Cc1c(C)nc(C2CCCCS2)nc1C. The number of aromatic nitrogens is 2. The molecule has 1 aromatic rings. The summed E-state index contributed by atoms with van der Waals surface area (Å²) in [4.78, 5) is 9.68. The van der Waals surface area contributed by atoms with Gasteiger partial charge in [0, 0.05) is 11.4 Å². The maximum absolute atomic E-state index is 4.84. The number of hydrogen-bond acceptors (Lipinski definition) is 4. The predicted molar refractivity (Wildman–Crippen MR) is 92.0 cm³/mol. The highest BCUT2D eigenvalue weighted by Gasteiger charge is 2.21. The first-order chi connectivity index (χ1) is 10.1. The molecule has 1 aromatic heterocycles. The maximum atomic E-state index is 4.84. The number of hydrogen-bond donors (Lipinski definition) is 1. The van der Waals surface area contributed by atoms with Crippen molar-refractivity contribution in [1.82, 2.24) is 15.3 Å². The highest BCUT2D eigenvalue weighted by atomic mass is 32.2. The van der Waals surface area contributed by atoms with E-state index in [0.29, 0.717) is 11.2 Å². The normalized spacial score (nSPS) is 20.5. The number of aryl methyl sites for hydroxylation is 2. The summed E-state index contributed by atoms with van der Waals surface area (Å²) in [6, 6.07) is 0. The van der Waals surface area contributed by atoms with Crippen molar-refractivity contribution in [3.8, 4) is 0 Å². The lowest BCUT2D eigenvalue weighted by Gasteiger charge is -2.22. The first-order valence-corrected chi connectivity index (χ1v) is 9.33. The Balaban J connectivity index is 2.09. The topological polar surface area (TPSA) is 37.8 Å². The quantitative estimate of drug-likeness (QED) is 0.866. The van der Waals surface area contributed by atoms with Gasteiger partial charge in [-0.3, -0.25) is 0 Å². The molecule has 1 aliphatic rings. The van der Waals surface area contributed by atoms with E-state index in [4.69, 9.17) is 9.97 Å². The van der Waals surface area contributed by atoms with E-state index in [9.17, 15) is 0 Å². The van der Waals surface area contributed by atoms with Crippen LogP contribution in [-0.4, -0.2) is 28.8 Å². The van der Waals surface area contributed by atoms with Crippen LogP contribution in [0.3, 0.4) is 0 Å². The van der Waals surface area contributed by atoms with Crippen molar-refractivity contribution in [3.63, 3.8) is 0 Å². The molecule has 4 heteroatoms. The second-order valence-electron chi connectivity index (χ2n) is 6.20. The molecule has 1 fully saturated rings. The molecule has 1 N–H and O–H groups in total. The first kappa shape index (κ1) is 16.8. The fraction of sp³-hybridized carbons (Fsp3) is 0.765. The van der Waals surface area contributed by atoms with Crippen molar-refractivity contribution >= 4 is 11.8 Å². The number of rotatable bonds is 6. The Hall–Kier alpha value is -0.610. The fourth-order valence-electron chi connectivity index (χ4n) is 2.96. The van der Waals surface area contributed by atoms with Gasteiger partial charge in [-0.05, 0) is 63.4 Å². The Labute approximate surface area is 133 Å². The molecule has 0 saturated carbocycles. The maximum Gasteiger partial charge on any atom is 0.141 e. The average molecular weight is 308 g/mol. The van der Waals surface area contributed by atoms with Crippen molar-refractivity contribution in [3.05, 3.63) is 22.8 Å². The van der Waals surface area contributed by atoms with E-state index in [1.54, 1.807) is 0 Å². The summed E-state index contributed by atoms with van der Waals surface area (Å²) in [5.41, 5.74) is 3.73.